The van der Waals surface area contributed by atoms with Crippen molar-refractivity contribution in [3.8, 4) is 5.75 Å². The maximum atomic E-state index is 12.6. The Labute approximate surface area is 181 Å². The van der Waals surface area contributed by atoms with Crippen molar-refractivity contribution in [2.45, 2.75) is 20.5 Å². The zero-order valence-electron chi connectivity index (χ0n) is 17.4. The predicted molar refractivity (Wildman–Crippen MR) is 122 cm³/mol. The summed E-state index contributed by atoms with van der Waals surface area (Å²) >= 11 is 0. The number of hydrogen-bond donors (Lipinski definition) is 0. The van der Waals surface area contributed by atoms with Crippen molar-refractivity contribution in [1.29, 1.82) is 0 Å². The summed E-state index contributed by atoms with van der Waals surface area (Å²) < 4.78 is 17.0. The third-order valence-corrected chi connectivity index (χ3v) is 5.52. The molecule has 5 rings (SSSR count). The summed E-state index contributed by atoms with van der Waals surface area (Å²) in [6.07, 6.45) is 0. The number of benzene rings is 3. The summed E-state index contributed by atoms with van der Waals surface area (Å²) in [5.74, 6) is 0.167. The molecule has 0 fully saturated rings. The number of ether oxygens (including phenoxy) is 1. The molecule has 6 nitrogen and oxygen atoms in total. The molecule has 2 aromatic heterocycles. The molecule has 0 spiro atoms. The van der Waals surface area contributed by atoms with E-state index in [0.717, 1.165) is 16.2 Å². The highest BCUT2D eigenvalue weighted by atomic mass is 16.5. The minimum atomic E-state index is -0.461. The van der Waals surface area contributed by atoms with Crippen LogP contribution in [0, 0.1) is 6.92 Å². The molecule has 0 aliphatic heterocycles. The molecule has 0 atom stereocenters. The summed E-state index contributed by atoms with van der Waals surface area (Å²) in [6, 6.07) is 17.8. The van der Waals surface area contributed by atoms with Gasteiger partial charge in [-0.3, -0.25) is 9.59 Å². The molecule has 0 aliphatic carbocycles. The van der Waals surface area contributed by atoms with Crippen molar-refractivity contribution in [2.75, 3.05) is 0 Å². The van der Waals surface area contributed by atoms with Crippen LogP contribution in [0.5, 0.6) is 5.75 Å². The molecule has 0 saturated carbocycles. The Kier molecular flexibility index (Phi) is 4.63. The van der Waals surface area contributed by atoms with Crippen molar-refractivity contribution in [2.24, 2.45) is 0 Å². The van der Waals surface area contributed by atoms with Gasteiger partial charge in [-0.15, -0.1) is 0 Å². The molecule has 6 heteroatoms. The van der Waals surface area contributed by atoms with Gasteiger partial charge in [0.1, 0.15) is 23.5 Å². The van der Waals surface area contributed by atoms with Gasteiger partial charge >= 0.3 is 5.63 Å². The van der Waals surface area contributed by atoms with E-state index in [1.54, 1.807) is 31.2 Å². The summed E-state index contributed by atoms with van der Waals surface area (Å²) in [7, 11) is 0. The fourth-order valence-corrected chi connectivity index (χ4v) is 3.99. The molecule has 3 aromatic carbocycles. The molecule has 32 heavy (non-hydrogen) atoms. The topological polar surface area (TPSA) is 86.7 Å². The van der Waals surface area contributed by atoms with Gasteiger partial charge in [-0.25, -0.2) is 4.79 Å². The fraction of sp³-hybridized carbons (Fsp3) is 0.115. The summed E-state index contributed by atoms with van der Waals surface area (Å²) in [5.41, 5.74) is 1.02. The fourth-order valence-electron chi connectivity index (χ4n) is 3.99. The highest BCUT2D eigenvalue weighted by Gasteiger charge is 2.15. The Morgan fingerprint density at radius 1 is 0.906 bits per heavy atom. The maximum absolute atomic E-state index is 12.6. The first-order chi connectivity index (χ1) is 15.4. The highest BCUT2D eigenvalue weighted by Crippen LogP contribution is 2.29. The Bertz CT molecular complexity index is 1660. The Morgan fingerprint density at radius 3 is 2.53 bits per heavy atom. The second-order valence-electron chi connectivity index (χ2n) is 7.64. The minimum Gasteiger partial charge on any atom is -0.489 e. The monoisotopic (exact) mass is 426 g/mol. The van der Waals surface area contributed by atoms with Gasteiger partial charge in [0.2, 0.25) is 0 Å². The van der Waals surface area contributed by atoms with Gasteiger partial charge in [0.05, 0.1) is 5.39 Å². The number of carbonyl (C=O) groups excluding carboxylic acids is 1. The van der Waals surface area contributed by atoms with Crippen LogP contribution >= 0.6 is 0 Å². The molecular weight excluding hydrogens is 408 g/mol. The molecule has 5 aromatic rings. The van der Waals surface area contributed by atoms with Crippen LogP contribution in [0.25, 0.3) is 32.7 Å². The highest BCUT2D eigenvalue weighted by molar-refractivity contribution is 6.07. The molecule has 2 heterocycles. The van der Waals surface area contributed by atoms with Crippen molar-refractivity contribution in [1.82, 2.24) is 0 Å². The maximum Gasteiger partial charge on any atom is 0.336 e. The number of ketones is 1. The second-order valence-corrected chi connectivity index (χ2v) is 7.64. The molecule has 0 saturated heterocycles. The first kappa shape index (κ1) is 19.8. The number of carbonyl (C=O) groups is 1. The zero-order valence-corrected chi connectivity index (χ0v) is 17.4. The van der Waals surface area contributed by atoms with E-state index in [2.05, 4.69) is 0 Å². The van der Waals surface area contributed by atoms with E-state index in [0.29, 0.717) is 22.3 Å². The average molecular weight is 426 g/mol. The number of Topliss-reactive ketones (excluding diaryl/α,β-unsaturated/α-hetero) is 1. The van der Waals surface area contributed by atoms with E-state index >= 15 is 0 Å². The molecule has 0 bridgehead atoms. The molecule has 158 valence electrons. The average Bonchev–Trinajstić information content (AvgIpc) is 2.79. The summed E-state index contributed by atoms with van der Waals surface area (Å²) in [6.45, 7) is 3.04. The minimum absolute atomic E-state index is 0.0396. The molecular formula is C26H18O6. The van der Waals surface area contributed by atoms with E-state index in [4.69, 9.17) is 13.6 Å². The van der Waals surface area contributed by atoms with Crippen LogP contribution in [0.4, 0.5) is 0 Å². The van der Waals surface area contributed by atoms with Gasteiger partial charge in [-0.1, -0.05) is 30.3 Å². The van der Waals surface area contributed by atoms with Crippen LogP contribution in [0.1, 0.15) is 28.6 Å². The van der Waals surface area contributed by atoms with Crippen LogP contribution in [0.3, 0.4) is 0 Å². The number of rotatable bonds is 4. The Morgan fingerprint density at radius 2 is 1.72 bits per heavy atom. The van der Waals surface area contributed by atoms with E-state index in [1.807, 2.05) is 30.3 Å². The lowest BCUT2D eigenvalue weighted by Crippen LogP contribution is -2.11. The van der Waals surface area contributed by atoms with Crippen LogP contribution < -0.4 is 15.8 Å². The largest absolute Gasteiger partial charge is 0.489 e. The molecule has 0 unspecified atom stereocenters. The first-order valence-corrected chi connectivity index (χ1v) is 10.1. The van der Waals surface area contributed by atoms with E-state index in [9.17, 15) is 14.4 Å². The van der Waals surface area contributed by atoms with Gasteiger partial charge in [0.25, 0.3) is 0 Å². The van der Waals surface area contributed by atoms with Gasteiger partial charge in [0.15, 0.2) is 17.0 Å². The lowest BCUT2D eigenvalue weighted by atomic mass is 10.0. The Balaban J connectivity index is 1.58. The Hall–Kier alpha value is -4.19. The van der Waals surface area contributed by atoms with Crippen molar-refractivity contribution < 1.29 is 18.4 Å². The van der Waals surface area contributed by atoms with E-state index in [1.165, 1.54) is 13.0 Å². The normalized spacial score (nSPS) is 11.3. The second kappa shape index (κ2) is 7.50. The molecule has 0 aliphatic rings. The van der Waals surface area contributed by atoms with Gasteiger partial charge in [-0.2, -0.15) is 0 Å². The van der Waals surface area contributed by atoms with Crippen LogP contribution in [-0.2, 0) is 6.61 Å². The van der Waals surface area contributed by atoms with Crippen LogP contribution in [0.2, 0.25) is 0 Å². The van der Waals surface area contributed by atoms with Crippen molar-refractivity contribution in [3.05, 3.63) is 98.2 Å². The van der Waals surface area contributed by atoms with Crippen LogP contribution in [0.15, 0.2) is 79.1 Å². The zero-order chi connectivity index (χ0) is 22.4. The third-order valence-electron chi connectivity index (χ3n) is 5.52. The van der Waals surface area contributed by atoms with Crippen molar-refractivity contribution >= 4 is 38.5 Å². The molecule has 0 N–H and O–H groups in total. The SMILES string of the molecule is CC(=O)c1oc2cc(OCc3cc(=O)oc4ccc5ccccc5c34)ccc2c(=O)c1C. The summed E-state index contributed by atoms with van der Waals surface area (Å²) in [4.78, 5) is 36.5. The predicted octanol–water partition coefficient (Wildman–Crippen LogP) is 5.14. The van der Waals surface area contributed by atoms with Gasteiger partial charge < -0.3 is 13.6 Å². The van der Waals surface area contributed by atoms with Gasteiger partial charge in [-0.05, 0) is 35.9 Å². The lowest BCUT2D eigenvalue weighted by Gasteiger charge is -2.11. The standard InChI is InChI=1S/C26H18O6/c1-14-25(29)20-9-8-18(12-22(20)32-26(14)15(2)27)30-13-17-11-23(28)31-21-10-7-16-5-3-4-6-19(16)24(17)21/h3-12H,13H2,1-2H3. The van der Waals surface area contributed by atoms with Gasteiger partial charge in [0, 0.05) is 35.6 Å². The lowest BCUT2D eigenvalue weighted by molar-refractivity contribution is 0.0986. The quantitative estimate of drug-likeness (QED) is 0.225. The van der Waals surface area contributed by atoms with E-state index < -0.39 is 5.63 Å². The number of fused-ring (bicyclic) bond motifs is 4. The smallest absolute Gasteiger partial charge is 0.336 e. The van der Waals surface area contributed by atoms with E-state index in [-0.39, 0.29) is 34.7 Å². The first-order valence-electron chi connectivity index (χ1n) is 10.1. The molecule has 0 amide bonds. The molecule has 0 radical (unpaired) electrons. The van der Waals surface area contributed by atoms with Crippen LogP contribution in [-0.4, -0.2) is 5.78 Å². The summed E-state index contributed by atoms with van der Waals surface area (Å²) in [5, 5.41) is 3.16. The third kappa shape index (κ3) is 3.26. The number of hydrogen-bond acceptors (Lipinski definition) is 6. The van der Waals surface area contributed by atoms with Crippen molar-refractivity contribution in [3.63, 3.8) is 0 Å².